The van der Waals surface area contributed by atoms with Crippen LogP contribution in [0.4, 0.5) is 5.13 Å². The van der Waals surface area contributed by atoms with Gasteiger partial charge >= 0.3 is 0 Å². The summed E-state index contributed by atoms with van der Waals surface area (Å²) in [6.45, 7) is 8.02. The fourth-order valence-corrected chi connectivity index (χ4v) is 3.68. The van der Waals surface area contributed by atoms with Crippen molar-refractivity contribution in [3.05, 3.63) is 29.3 Å². The molecule has 24 heavy (non-hydrogen) atoms. The number of carbonyl (C=O) groups is 1. The van der Waals surface area contributed by atoms with Crippen LogP contribution in [0.3, 0.4) is 0 Å². The summed E-state index contributed by atoms with van der Waals surface area (Å²) < 4.78 is 6.79. The van der Waals surface area contributed by atoms with E-state index in [2.05, 4.69) is 22.4 Å². The van der Waals surface area contributed by atoms with Crippen LogP contribution < -0.4 is 10.1 Å². The Kier molecular flexibility index (Phi) is 7.05. The van der Waals surface area contributed by atoms with Gasteiger partial charge in [0.05, 0.1) is 0 Å². The highest BCUT2D eigenvalue weighted by atomic mass is 32.2. The van der Waals surface area contributed by atoms with Gasteiger partial charge in [0.2, 0.25) is 5.13 Å². The number of aromatic nitrogens is 2. The van der Waals surface area contributed by atoms with Gasteiger partial charge in [-0.2, -0.15) is 0 Å². The quantitative estimate of drug-likeness (QED) is 0.553. The Balaban J connectivity index is 2.00. The number of ether oxygens (including phenoxy) is 1. The van der Waals surface area contributed by atoms with Gasteiger partial charge in [-0.3, -0.25) is 10.1 Å². The lowest BCUT2D eigenvalue weighted by Gasteiger charge is -2.18. The number of carbonyl (C=O) groups excluding carboxylic acids is 1. The topological polar surface area (TPSA) is 64.1 Å². The molecule has 0 saturated carbocycles. The number of anilines is 1. The van der Waals surface area contributed by atoms with Crippen LogP contribution in [-0.2, 0) is 4.79 Å². The fraction of sp³-hybridized carbons (Fsp3) is 0.471. The molecule has 0 radical (unpaired) electrons. The van der Waals surface area contributed by atoms with Crippen LogP contribution in [0.5, 0.6) is 5.75 Å². The van der Waals surface area contributed by atoms with Gasteiger partial charge in [0.25, 0.3) is 5.91 Å². The summed E-state index contributed by atoms with van der Waals surface area (Å²) in [5.74, 6) is 1.55. The fourth-order valence-electron chi connectivity index (χ4n) is 2.00. The second kappa shape index (κ2) is 9.03. The van der Waals surface area contributed by atoms with Crippen molar-refractivity contribution < 1.29 is 9.53 Å². The molecule has 1 N–H and O–H groups in total. The lowest BCUT2D eigenvalue weighted by atomic mass is 10.1. The molecule has 0 aliphatic rings. The number of hydrogen-bond acceptors (Lipinski definition) is 6. The predicted octanol–water partition coefficient (Wildman–Crippen LogP) is 4.45. The Hall–Kier alpha value is -1.60. The maximum atomic E-state index is 12.5. The van der Waals surface area contributed by atoms with Crippen molar-refractivity contribution >= 4 is 34.1 Å². The third kappa shape index (κ3) is 5.21. The lowest BCUT2D eigenvalue weighted by molar-refractivity contribution is -0.122. The lowest BCUT2D eigenvalue weighted by Crippen LogP contribution is -2.32. The summed E-state index contributed by atoms with van der Waals surface area (Å²) in [6.07, 6.45) is 1.10. The van der Waals surface area contributed by atoms with E-state index in [1.54, 1.807) is 11.8 Å². The first-order valence-corrected chi connectivity index (χ1v) is 9.84. The van der Waals surface area contributed by atoms with Crippen LogP contribution in [0.25, 0.3) is 0 Å². The minimum atomic E-state index is -0.554. The summed E-state index contributed by atoms with van der Waals surface area (Å²) in [6, 6.07) is 5.98. The molecule has 130 valence electrons. The summed E-state index contributed by atoms with van der Waals surface area (Å²) >= 11 is 3.05. The Morgan fingerprint density at radius 3 is 2.83 bits per heavy atom. The monoisotopic (exact) mass is 365 g/mol. The molecule has 0 spiro atoms. The summed E-state index contributed by atoms with van der Waals surface area (Å²) in [4.78, 5) is 12.5. The number of nitrogens with one attached hydrogen (secondary N) is 1. The molecule has 0 unspecified atom stereocenters. The van der Waals surface area contributed by atoms with Gasteiger partial charge in [0.1, 0.15) is 5.75 Å². The summed E-state index contributed by atoms with van der Waals surface area (Å²) in [5, 5.41) is 11.4. The molecule has 1 aromatic carbocycles. The predicted molar refractivity (Wildman–Crippen MR) is 100 cm³/mol. The summed E-state index contributed by atoms with van der Waals surface area (Å²) in [7, 11) is 0. The van der Waals surface area contributed by atoms with Crippen LogP contribution in [0.15, 0.2) is 22.5 Å². The first kappa shape index (κ1) is 18.7. The number of rotatable bonds is 8. The molecule has 5 nitrogen and oxygen atoms in total. The number of thioether (sulfide) groups is 1. The molecule has 7 heteroatoms. The Labute approximate surface area is 151 Å². The van der Waals surface area contributed by atoms with Crippen LogP contribution in [0, 0.1) is 13.8 Å². The second-order valence-corrected chi connectivity index (χ2v) is 7.81. The standard InChI is InChI=1S/C17H23N3O2S2/c1-5-9-23-17-20-19-16(24-17)18-15(21)13(6-2)22-14-10-11(3)7-8-12(14)4/h7-8,10,13H,5-6,9H2,1-4H3,(H,18,19,21)/t13-/m1/s1. The third-order valence-electron chi connectivity index (χ3n) is 3.34. The van der Waals surface area contributed by atoms with E-state index >= 15 is 0 Å². The molecule has 0 bridgehead atoms. The number of aryl methyl sites for hydroxylation is 2. The van der Waals surface area contributed by atoms with Crippen molar-refractivity contribution in [1.29, 1.82) is 0 Å². The zero-order valence-electron chi connectivity index (χ0n) is 14.5. The van der Waals surface area contributed by atoms with Gasteiger partial charge in [0, 0.05) is 5.75 Å². The molecule has 1 atom stereocenters. The highest BCUT2D eigenvalue weighted by Gasteiger charge is 2.21. The van der Waals surface area contributed by atoms with Crippen LogP contribution in [-0.4, -0.2) is 28.0 Å². The van der Waals surface area contributed by atoms with E-state index in [0.29, 0.717) is 11.6 Å². The van der Waals surface area contributed by atoms with Gasteiger partial charge in [-0.1, -0.05) is 49.1 Å². The minimum Gasteiger partial charge on any atom is -0.480 e. The first-order chi connectivity index (χ1) is 11.5. The third-order valence-corrected chi connectivity index (χ3v) is 5.52. The summed E-state index contributed by atoms with van der Waals surface area (Å²) in [5.41, 5.74) is 2.12. The Morgan fingerprint density at radius 2 is 2.12 bits per heavy atom. The van der Waals surface area contributed by atoms with Crippen LogP contribution in [0.1, 0.15) is 37.8 Å². The SMILES string of the molecule is CCCSc1nnc(NC(=O)[C@@H](CC)Oc2cc(C)ccc2C)s1. The van der Waals surface area contributed by atoms with Crippen molar-refractivity contribution in [2.75, 3.05) is 11.1 Å². The van der Waals surface area contributed by atoms with Crippen molar-refractivity contribution in [3.8, 4) is 5.75 Å². The average molecular weight is 366 g/mol. The minimum absolute atomic E-state index is 0.193. The molecule has 0 aliphatic carbocycles. The van der Waals surface area contributed by atoms with E-state index in [9.17, 15) is 4.79 Å². The van der Waals surface area contributed by atoms with E-state index in [1.165, 1.54) is 11.3 Å². The van der Waals surface area contributed by atoms with Gasteiger partial charge < -0.3 is 4.74 Å². The molecule has 0 fully saturated rings. The van der Waals surface area contributed by atoms with Crippen LogP contribution >= 0.6 is 23.1 Å². The van der Waals surface area contributed by atoms with E-state index in [0.717, 1.165) is 33.4 Å². The van der Waals surface area contributed by atoms with Crippen molar-refractivity contribution in [2.24, 2.45) is 0 Å². The van der Waals surface area contributed by atoms with E-state index in [4.69, 9.17) is 4.74 Å². The zero-order chi connectivity index (χ0) is 17.5. The van der Waals surface area contributed by atoms with Gasteiger partial charge in [-0.15, -0.1) is 10.2 Å². The second-order valence-electron chi connectivity index (χ2n) is 5.49. The largest absolute Gasteiger partial charge is 0.480 e. The highest BCUT2D eigenvalue weighted by molar-refractivity contribution is 8.01. The molecule has 1 amide bonds. The molecule has 0 saturated heterocycles. The molecule has 2 aromatic rings. The van der Waals surface area contributed by atoms with Gasteiger partial charge in [-0.05, 0) is 43.9 Å². The number of amides is 1. The highest BCUT2D eigenvalue weighted by Crippen LogP contribution is 2.26. The maximum absolute atomic E-state index is 12.5. The maximum Gasteiger partial charge on any atom is 0.267 e. The normalized spacial score (nSPS) is 12.0. The molecule has 1 aromatic heterocycles. The Bertz CT molecular complexity index is 688. The van der Waals surface area contributed by atoms with Crippen molar-refractivity contribution in [3.63, 3.8) is 0 Å². The zero-order valence-corrected chi connectivity index (χ0v) is 16.1. The van der Waals surface area contributed by atoms with E-state index in [-0.39, 0.29) is 5.91 Å². The Morgan fingerprint density at radius 1 is 1.33 bits per heavy atom. The van der Waals surface area contributed by atoms with Gasteiger partial charge in [-0.25, -0.2) is 0 Å². The van der Waals surface area contributed by atoms with Crippen molar-refractivity contribution in [2.45, 2.75) is 51.0 Å². The number of hydrogen-bond donors (Lipinski definition) is 1. The molecule has 0 aliphatic heterocycles. The smallest absolute Gasteiger partial charge is 0.267 e. The number of nitrogens with zero attached hydrogens (tertiary/aromatic N) is 2. The average Bonchev–Trinajstić information content (AvgIpc) is 3.00. The molecule has 2 rings (SSSR count). The molecule has 1 heterocycles. The van der Waals surface area contributed by atoms with E-state index in [1.807, 2.05) is 39.0 Å². The van der Waals surface area contributed by atoms with E-state index < -0.39 is 6.10 Å². The van der Waals surface area contributed by atoms with Crippen molar-refractivity contribution in [1.82, 2.24) is 10.2 Å². The van der Waals surface area contributed by atoms with Gasteiger partial charge in [0.15, 0.2) is 10.4 Å². The number of benzene rings is 1. The first-order valence-electron chi connectivity index (χ1n) is 8.04. The van der Waals surface area contributed by atoms with Crippen LogP contribution in [0.2, 0.25) is 0 Å². The molecular weight excluding hydrogens is 342 g/mol. The molecular formula is C17H23N3O2S2.